The highest BCUT2D eigenvalue weighted by atomic mass is 32.2. The van der Waals surface area contributed by atoms with E-state index >= 15 is 0 Å². The van der Waals surface area contributed by atoms with Crippen LogP contribution in [0.25, 0.3) is 20.7 Å². The molecule has 0 aliphatic heterocycles. The predicted molar refractivity (Wildman–Crippen MR) is 127 cm³/mol. The molecule has 4 rings (SSSR count). The maximum Gasteiger partial charge on any atom is 0.288 e. The van der Waals surface area contributed by atoms with E-state index in [1.165, 1.54) is 16.2 Å². The second-order valence-corrected chi connectivity index (χ2v) is 10.4. The van der Waals surface area contributed by atoms with Crippen LogP contribution >= 0.6 is 34.4 Å². The number of nitrogens with zero attached hydrogens (tertiary/aromatic N) is 2. The Bertz CT molecular complexity index is 1310. The molecule has 0 unspecified atom stereocenters. The lowest BCUT2D eigenvalue weighted by atomic mass is 10.2. The van der Waals surface area contributed by atoms with E-state index in [2.05, 4.69) is 9.97 Å². The van der Waals surface area contributed by atoms with Crippen molar-refractivity contribution in [1.82, 2.24) is 14.9 Å². The van der Waals surface area contributed by atoms with E-state index in [-0.39, 0.29) is 17.9 Å². The molecule has 5 nitrogen and oxygen atoms in total. The van der Waals surface area contributed by atoms with Gasteiger partial charge in [-0.05, 0) is 36.8 Å². The lowest BCUT2D eigenvalue weighted by Gasteiger charge is -2.17. The van der Waals surface area contributed by atoms with Crippen LogP contribution in [0.1, 0.15) is 16.3 Å². The number of alkyl halides is 2. The molecule has 0 fully saturated rings. The number of hydrogen-bond acceptors (Lipinski definition) is 6. The van der Waals surface area contributed by atoms with Gasteiger partial charge in [0.2, 0.25) is 5.91 Å². The molecule has 0 radical (unpaired) electrons. The molecule has 3 heterocycles. The van der Waals surface area contributed by atoms with Gasteiger partial charge >= 0.3 is 0 Å². The van der Waals surface area contributed by atoms with Crippen molar-refractivity contribution < 1.29 is 13.6 Å². The molecular weight excluding hydrogens is 472 g/mol. The number of hydrogen-bond donors (Lipinski definition) is 1. The first-order chi connectivity index (χ1) is 15.3. The Hall–Kier alpha value is -2.56. The molecule has 0 aliphatic rings. The summed E-state index contributed by atoms with van der Waals surface area (Å²) in [6.45, 7) is 2.34. The van der Waals surface area contributed by atoms with E-state index in [4.69, 9.17) is 0 Å². The molecule has 0 bridgehead atoms. The highest BCUT2D eigenvalue weighted by Crippen LogP contribution is 2.35. The van der Waals surface area contributed by atoms with E-state index in [1.807, 2.05) is 24.4 Å². The molecule has 0 atom stereocenters. The number of thiophene rings is 2. The second kappa shape index (κ2) is 9.51. The number of carbonyl (C=O) groups is 1. The Morgan fingerprint density at radius 2 is 1.97 bits per heavy atom. The third kappa shape index (κ3) is 5.08. The largest absolute Gasteiger partial charge is 0.341 e. The van der Waals surface area contributed by atoms with Crippen LogP contribution in [0.2, 0.25) is 0 Å². The Morgan fingerprint density at radius 1 is 1.22 bits per heavy atom. The molecule has 0 saturated carbocycles. The Morgan fingerprint density at radius 3 is 2.62 bits per heavy atom. The molecule has 10 heteroatoms. The van der Waals surface area contributed by atoms with Crippen LogP contribution in [0.15, 0.2) is 51.5 Å². The number of fused-ring (bicyclic) bond motifs is 1. The zero-order valence-corrected chi connectivity index (χ0v) is 19.7. The van der Waals surface area contributed by atoms with Crippen molar-refractivity contribution in [3.63, 3.8) is 0 Å². The van der Waals surface area contributed by atoms with Crippen molar-refractivity contribution >= 4 is 50.6 Å². The summed E-state index contributed by atoms with van der Waals surface area (Å²) in [7, 11) is 1.66. The first-order valence-corrected chi connectivity index (χ1v) is 12.2. The summed E-state index contributed by atoms with van der Waals surface area (Å²) in [5.74, 6) is -2.35. The molecule has 1 aromatic carbocycles. The number of likely N-dealkylation sites (N-methyl/N-ethyl adjacent to an activating group) is 1. The van der Waals surface area contributed by atoms with Gasteiger partial charge in [-0.3, -0.25) is 9.59 Å². The quantitative estimate of drug-likeness (QED) is 0.345. The summed E-state index contributed by atoms with van der Waals surface area (Å²) < 4.78 is 24.9. The van der Waals surface area contributed by atoms with Crippen LogP contribution in [0, 0.1) is 6.92 Å². The second-order valence-electron chi connectivity index (χ2n) is 7.20. The molecular formula is C22H19F2N3O2S3. The zero-order chi connectivity index (χ0) is 22.8. The highest BCUT2D eigenvalue weighted by molar-refractivity contribution is 7.99. The van der Waals surface area contributed by atoms with Gasteiger partial charge in [0.15, 0.2) is 0 Å². The normalized spacial score (nSPS) is 11.4. The van der Waals surface area contributed by atoms with Crippen molar-refractivity contribution in [1.29, 1.82) is 0 Å². The number of aryl methyl sites for hydroxylation is 1. The maximum atomic E-state index is 12.7. The van der Waals surface area contributed by atoms with Gasteiger partial charge in [0.1, 0.15) is 10.7 Å². The fourth-order valence-corrected chi connectivity index (χ4v) is 5.68. The number of benzene rings is 1. The Balaban J connectivity index is 1.47. The Kier molecular flexibility index (Phi) is 6.73. The number of halogens is 2. The average Bonchev–Trinajstić information content (AvgIpc) is 3.35. The highest BCUT2D eigenvalue weighted by Gasteiger charge is 2.17. The SMILES string of the molecule is Cc1ccc(-c2csc3nc(CC(=O)N(C)Cc4ccc(SC(F)F)cc4)[nH]c(=O)c23)s1. The molecule has 32 heavy (non-hydrogen) atoms. The molecule has 166 valence electrons. The van der Waals surface area contributed by atoms with Crippen molar-refractivity contribution in [3.8, 4) is 10.4 Å². The number of nitrogens with one attached hydrogen (secondary N) is 1. The molecule has 1 amide bonds. The van der Waals surface area contributed by atoms with Gasteiger partial charge in [-0.25, -0.2) is 4.98 Å². The van der Waals surface area contributed by atoms with Gasteiger partial charge in [-0.2, -0.15) is 8.78 Å². The van der Waals surface area contributed by atoms with E-state index in [0.717, 1.165) is 20.9 Å². The predicted octanol–water partition coefficient (Wildman–Crippen LogP) is 5.54. The lowest BCUT2D eigenvalue weighted by Crippen LogP contribution is -2.29. The lowest BCUT2D eigenvalue weighted by molar-refractivity contribution is -0.129. The number of aromatic amines is 1. The minimum absolute atomic E-state index is 0.0354. The molecule has 1 N–H and O–H groups in total. The van der Waals surface area contributed by atoms with Crippen molar-refractivity contribution in [3.05, 3.63) is 68.4 Å². The number of aromatic nitrogens is 2. The van der Waals surface area contributed by atoms with Crippen molar-refractivity contribution in [2.45, 2.75) is 30.5 Å². The smallest absolute Gasteiger partial charge is 0.288 e. The number of thioether (sulfide) groups is 1. The molecule has 3 aromatic heterocycles. The van der Waals surface area contributed by atoms with Crippen LogP contribution in [-0.2, 0) is 17.8 Å². The average molecular weight is 492 g/mol. The molecule has 4 aromatic rings. The van der Waals surface area contributed by atoms with Gasteiger partial charge in [-0.1, -0.05) is 23.9 Å². The fraction of sp³-hybridized carbons (Fsp3) is 0.227. The topological polar surface area (TPSA) is 66.1 Å². The first kappa shape index (κ1) is 22.6. The van der Waals surface area contributed by atoms with Crippen LogP contribution < -0.4 is 5.56 Å². The summed E-state index contributed by atoms with van der Waals surface area (Å²) in [5.41, 5.74) is 1.43. The molecule has 0 spiro atoms. The number of carbonyl (C=O) groups excluding carboxylic acids is 1. The van der Waals surface area contributed by atoms with E-state index < -0.39 is 5.76 Å². The zero-order valence-electron chi connectivity index (χ0n) is 17.2. The van der Waals surface area contributed by atoms with E-state index in [9.17, 15) is 18.4 Å². The number of amides is 1. The molecule has 0 saturated heterocycles. The van der Waals surface area contributed by atoms with Crippen LogP contribution in [0.3, 0.4) is 0 Å². The Labute approximate surface area is 195 Å². The van der Waals surface area contributed by atoms with Gasteiger partial charge in [0.25, 0.3) is 11.3 Å². The monoisotopic (exact) mass is 491 g/mol. The van der Waals surface area contributed by atoms with Gasteiger partial charge in [-0.15, -0.1) is 22.7 Å². The third-order valence-corrected chi connectivity index (χ3v) is 7.44. The summed E-state index contributed by atoms with van der Waals surface area (Å²) in [5, 5.41) is 2.47. The summed E-state index contributed by atoms with van der Waals surface area (Å²) in [4.78, 5) is 37.5. The standard InChI is InChI=1S/C22H19F2N3O2S3/c1-12-3-8-16(31-12)15-11-30-21-19(15)20(29)25-17(26-21)9-18(28)27(2)10-13-4-6-14(7-5-13)32-22(23)24/h3-8,11,22H,9-10H2,1-2H3,(H,25,26,29). The summed E-state index contributed by atoms with van der Waals surface area (Å²) >= 11 is 3.49. The van der Waals surface area contributed by atoms with Crippen LogP contribution in [-0.4, -0.2) is 33.6 Å². The first-order valence-electron chi connectivity index (χ1n) is 9.65. The minimum Gasteiger partial charge on any atom is -0.341 e. The number of H-pyrrole nitrogens is 1. The van der Waals surface area contributed by atoms with Crippen LogP contribution in [0.4, 0.5) is 8.78 Å². The van der Waals surface area contributed by atoms with E-state index in [1.54, 1.807) is 42.6 Å². The van der Waals surface area contributed by atoms with Crippen LogP contribution in [0.5, 0.6) is 0 Å². The van der Waals surface area contributed by atoms with Gasteiger partial charge in [0.05, 0.1) is 11.8 Å². The number of rotatable bonds is 7. The van der Waals surface area contributed by atoms with Gasteiger partial charge < -0.3 is 9.88 Å². The summed E-state index contributed by atoms with van der Waals surface area (Å²) in [6.07, 6.45) is -0.0354. The maximum absolute atomic E-state index is 12.7. The third-order valence-electron chi connectivity index (χ3n) is 4.81. The van der Waals surface area contributed by atoms with Gasteiger partial charge in [0, 0.05) is 39.2 Å². The fourth-order valence-electron chi connectivity index (χ4n) is 3.25. The van der Waals surface area contributed by atoms with Crippen molar-refractivity contribution in [2.24, 2.45) is 0 Å². The summed E-state index contributed by atoms with van der Waals surface area (Å²) in [6, 6.07) is 10.7. The molecule has 0 aliphatic carbocycles. The minimum atomic E-state index is -2.47. The van der Waals surface area contributed by atoms with Crippen molar-refractivity contribution in [2.75, 3.05) is 7.05 Å². The van der Waals surface area contributed by atoms with E-state index in [0.29, 0.717) is 39.2 Å².